The summed E-state index contributed by atoms with van der Waals surface area (Å²) in [7, 11) is 1.17. The van der Waals surface area contributed by atoms with Crippen LogP contribution < -0.4 is 4.89 Å². The SMILES string of the molecule is CC/C=C\C/C=C\C/C=C\C/C=C\C/C=C\C/C=C\CCCCCCCCCCCCCCC(=O)OC(COC(=O)CCCCCCCCCCCCCCCCCCCCCC)COP(=O)([O-])OCC[N+](C)(C)C. The van der Waals surface area contributed by atoms with Crippen molar-refractivity contribution in [3.63, 3.8) is 0 Å². The minimum absolute atomic E-state index is 0.0317. The van der Waals surface area contributed by atoms with Gasteiger partial charge in [-0.05, 0) is 64.2 Å². The van der Waals surface area contributed by atoms with Crippen LogP contribution in [0.3, 0.4) is 0 Å². The average Bonchev–Trinajstić information content (AvgIpc) is 3.37. The highest BCUT2D eigenvalue weighted by Crippen LogP contribution is 2.38. The third-order valence-electron chi connectivity index (χ3n) is 13.5. The standard InChI is InChI=1S/C65H118NO8P/c1-6-8-10-12-14-16-18-20-22-24-26-28-29-30-31-32-33-34-35-36-37-38-40-42-44-46-48-50-52-54-56-58-65(68)74-63(62-73-75(69,70)72-60-59-66(3,4)5)61-71-64(67)57-55-53-51-49-47-45-43-41-39-27-25-23-21-19-17-15-13-11-9-7-2/h8,10,14,16,20,22,26,28,30-31,33-34,63H,6-7,9,11-13,15,17-19,21,23-25,27,29,32,35-62H2,1-5H3/b10-8-,16-14-,22-20-,28-26-,31-30-,34-33-. The molecule has 0 saturated heterocycles. The van der Waals surface area contributed by atoms with Crippen LogP contribution in [0.1, 0.15) is 277 Å². The lowest BCUT2D eigenvalue weighted by Gasteiger charge is -2.28. The van der Waals surface area contributed by atoms with Crippen LogP contribution in [0.25, 0.3) is 0 Å². The summed E-state index contributed by atoms with van der Waals surface area (Å²) in [5.41, 5.74) is 0. The number of unbranched alkanes of at least 4 members (excludes halogenated alkanes) is 31. The van der Waals surface area contributed by atoms with Crippen molar-refractivity contribution < 1.29 is 42.1 Å². The molecule has 0 heterocycles. The second-order valence-electron chi connectivity index (χ2n) is 22.0. The molecule has 9 nitrogen and oxygen atoms in total. The number of esters is 2. The maximum Gasteiger partial charge on any atom is 0.306 e. The Kier molecular flexibility index (Phi) is 54.3. The Hall–Kier alpha value is -2.55. The number of carbonyl (C=O) groups excluding carboxylic acids is 2. The van der Waals surface area contributed by atoms with Crippen molar-refractivity contribution in [2.24, 2.45) is 0 Å². The first-order valence-corrected chi connectivity index (χ1v) is 32.6. The number of hydrogen-bond acceptors (Lipinski definition) is 8. The summed E-state index contributed by atoms with van der Waals surface area (Å²) in [6.07, 6.45) is 73.8. The minimum atomic E-state index is -4.64. The van der Waals surface area contributed by atoms with E-state index in [0.717, 1.165) is 77.0 Å². The molecule has 75 heavy (non-hydrogen) atoms. The van der Waals surface area contributed by atoms with Gasteiger partial charge in [-0.25, -0.2) is 0 Å². The first-order chi connectivity index (χ1) is 36.5. The van der Waals surface area contributed by atoms with Gasteiger partial charge in [0.2, 0.25) is 0 Å². The average molecular weight is 1070 g/mol. The lowest BCUT2D eigenvalue weighted by Crippen LogP contribution is -2.37. The highest BCUT2D eigenvalue weighted by atomic mass is 31.2. The van der Waals surface area contributed by atoms with E-state index >= 15 is 0 Å². The molecule has 0 aliphatic heterocycles. The van der Waals surface area contributed by atoms with Crippen LogP contribution in [-0.2, 0) is 32.7 Å². The highest BCUT2D eigenvalue weighted by Gasteiger charge is 2.22. The maximum absolute atomic E-state index is 12.8. The Balaban J connectivity index is 4.11. The molecule has 0 aromatic rings. The van der Waals surface area contributed by atoms with E-state index in [4.69, 9.17) is 18.5 Å². The van der Waals surface area contributed by atoms with Gasteiger partial charge < -0.3 is 27.9 Å². The summed E-state index contributed by atoms with van der Waals surface area (Å²) in [6, 6.07) is 0. The molecule has 0 saturated carbocycles. The second kappa shape index (κ2) is 56.2. The largest absolute Gasteiger partial charge is 0.756 e. The van der Waals surface area contributed by atoms with Gasteiger partial charge >= 0.3 is 11.9 Å². The third kappa shape index (κ3) is 60.5. The number of quaternary nitrogens is 1. The number of phosphoric acid groups is 1. The van der Waals surface area contributed by atoms with Crippen LogP contribution in [0.4, 0.5) is 0 Å². The summed E-state index contributed by atoms with van der Waals surface area (Å²) < 4.78 is 34.2. The molecule has 0 aliphatic rings. The number of hydrogen-bond donors (Lipinski definition) is 0. The maximum atomic E-state index is 12.8. The molecule has 0 fully saturated rings. The Labute approximate surface area is 463 Å². The Morgan fingerprint density at radius 1 is 0.427 bits per heavy atom. The second-order valence-corrected chi connectivity index (χ2v) is 23.5. The van der Waals surface area contributed by atoms with Crippen molar-refractivity contribution in [1.29, 1.82) is 0 Å². The minimum Gasteiger partial charge on any atom is -0.756 e. The molecule has 2 unspecified atom stereocenters. The molecule has 0 N–H and O–H groups in total. The molecule has 0 rings (SSSR count). The van der Waals surface area contributed by atoms with Crippen LogP contribution in [0.5, 0.6) is 0 Å². The van der Waals surface area contributed by atoms with Crippen molar-refractivity contribution in [3.8, 4) is 0 Å². The fourth-order valence-corrected chi connectivity index (χ4v) is 9.45. The van der Waals surface area contributed by atoms with Gasteiger partial charge in [-0.3, -0.25) is 14.2 Å². The number of likely N-dealkylation sites (N-methyl/N-ethyl adjacent to an activating group) is 1. The van der Waals surface area contributed by atoms with E-state index in [2.05, 4.69) is 86.8 Å². The molecule has 2 atom stereocenters. The zero-order valence-electron chi connectivity index (χ0n) is 49.5. The van der Waals surface area contributed by atoms with Crippen LogP contribution in [0.15, 0.2) is 72.9 Å². The van der Waals surface area contributed by atoms with Crippen LogP contribution in [-0.4, -0.2) is 70.0 Å². The van der Waals surface area contributed by atoms with Gasteiger partial charge in [0.05, 0.1) is 27.7 Å². The van der Waals surface area contributed by atoms with Crippen molar-refractivity contribution >= 4 is 19.8 Å². The number of nitrogens with zero attached hydrogens (tertiary/aromatic N) is 1. The zero-order valence-corrected chi connectivity index (χ0v) is 50.4. The van der Waals surface area contributed by atoms with E-state index in [9.17, 15) is 19.0 Å². The molecule has 436 valence electrons. The molecule has 0 bridgehead atoms. The van der Waals surface area contributed by atoms with E-state index in [-0.39, 0.29) is 32.0 Å². The predicted octanol–water partition coefficient (Wildman–Crippen LogP) is 19.0. The zero-order chi connectivity index (χ0) is 54.9. The normalized spacial score (nSPS) is 13.7. The molecule has 0 aromatic carbocycles. The first kappa shape index (κ1) is 72.5. The van der Waals surface area contributed by atoms with Gasteiger partial charge in [0.1, 0.15) is 19.8 Å². The lowest BCUT2D eigenvalue weighted by atomic mass is 10.0. The molecular formula is C65H118NO8P. The number of carbonyl (C=O) groups is 2. The van der Waals surface area contributed by atoms with Crippen molar-refractivity contribution in [3.05, 3.63) is 72.9 Å². The fraction of sp³-hybridized carbons (Fsp3) is 0.785. The Morgan fingerprint density at radius 3 is 1.13 bits per heavy atom. The Morgan fingerprint density at radius 2 is 0.760 bits per heavy atom. The molecule has 10 heteroatoms. The third-order valence-corrected chi connectivity index (χ3v) is 14.5. The fourth-order valence-electron chi connectivity index (χ4n) is 8.72. The molecule has 0 spiro atoms. The van der Waals surface area contributed by atoms with Gasteiger partial charge in [0, 0.05) is 12.8 Å². The molecular weight excluding hydrogens is 954 g/mol. The van der Waals surface area contributed by atoms with E-state index in [1.165, 1.54) is 167 Å². The van der Waals surface area contributed by atoms with Crippen LogP contribution in [0.2, 0.25) is 0 Å². The van der Waals surface area contributed by atoms with Gasteiger partial charge in [-0.15, -0.1) is 0 Å². The number of ether oxygens (including phenoxy) is 2. The predicted molar refractivity (Wildman–Crippen MR) is 319 cm³/mol. The van der Waals surface area contributed by atoms with Crippen molar-refractivity contribution in [2.45, 2.75) is 283 Å². The van der Waals surface area contributed by atoms with Gasteiger partial charge in [-0.1, -0.05) is 273 Å². The summed E-state index contributed by atoms with van der Waals surface area (Å²) in [6.45, 7) is 4.16. The quantitative estimate of drug-likeness (QED) is 0.0195. The van der Waals surface area contributed by atoms with E-state index in [1.807, 2.05) is 21.1 Å². The lowest BCUT2D eigenvalue weighted by molar-refractivity contribution is -0.870. The van der Waals surface area contributed by atoms with Crippen molar-refractivity contribution in [1.82, 2.24) is 0 Å². The summed E-state index contributed by atoms with van der Waals surface area (Å²) in [5, 5.41) is 0. The van der Waals surface area contributed by atoms with E-state index < -0.39 is 26.5 Å². The van der Waals surface area contributed by atoms with E-state index in [0.29, 0.717) is 17.4 Å². The topological polar surface area (TPSA) is 111 Å². The van der Waals surface area contributed by atoms with Gasteiger partial charge in [0.15, 0.2) is 6.10 Å². The Bertz CT molecular complexity index is 1500. The molecule has 0 amide bonds. The number of rotatable bonds is 57. The molecule has 0 aliphatic carbocycles. The van der Waals surface area contributed by atoms with Crippen LogP contribution >= 0.6 is 7.82 Å². The molecule has 0 aromatic heterocycles. The molecule has 0 radical (unpaired) electrons. The number of phosphoric ester groups is 1. The van der Waals surface area contributed by atoms with Gasteiger partial charge in [0.25, 0.3) is 7.82 Å². The summed E-state index contributed by atoms with van der Waals surface area (Å²) in [4.78, 5) is 37.9. The smallest absolute Gasteiger partial charge is 0.306 e. The van der Waals surface area contributed by atoms with Crippen molar-refractivity contribution in [2.75, 3.05) is 47.5 Å². The summed E-state index contributed by atoms with van der Waals surface area (Å²) >= 11 is 0. The first-order valence-electron chi connectivity index (χ1n) is 31.1. The highest BCUT2D eigenvalue weighted by molar-refractivity contribution is 7.45. The summed E-state index contributed by atoms with van der Waals surface area (Å²) in [5.74, 6) is -0.826. The van der Waals surface area contributed by atoms with Crippen LogP contribution in [0, 0.1) is 0 Å². The monoisotopic (exact) mass is 1070 g/mol. The van der Waals surface area contributed by atoms with Gasteiger partial charge in [-0.2, -0.15) is 0 Å². The van der Waals surface area contributed by atoms with E-state index in [1.54, 1.807) is 0 Å². The number of allylic oxidation sites excluding steroid dienone is 12.